The Morgan fingerprint density at radius 3 is 2.50 bits per heavy atom. The molecule has 0 radical (unpaired) electrons. The highest BCUT2D eigenvalue weighted by atomic mass is 16.7. The van der Waals surface area contributed by atoms with Crippen LogP contribution in [-0.4, -0.2) is 17.7 Å². The SMILES string of the molecule is Cc1c(-c2ccc(C(C)C)cc2)cnc(NC(=O)C2(C3=CC4=C(CC3)OCO4)CC2)c1C. The Morgan fingerprint density at radius 2 is 1.81 bits per heavy atom. The van der Waals surface area contributed by atoms with Crippen molar-refractivity contribution in [3.63, 3.8) is 0 Å². The second-order valence-electron chi connectivity index (χ2n) is 9.45. The minimum Gasteiger partial charge on any atom is -0.458 e. The third-order valence-corrected chi connectivity index (χ3v) is 7.21. The zero-order valence-electron chi connectivity index (χ0n) is 19.2. The predicted molar refractivity (Wildman–Crippen MR) is 125 cm³/mol. The van der Waals surface area contributed by atoms with E-state index >= 15 is 0 Å². The van der Waals surface area contributed by atoms with Gasteiger partial charge in [0.1, 0.15) is 11.6 Å². The van der Waals surface area contributed by atoms with E-state index in [1.165, 1.54) is 5.56 Å². The van der Waals surface area contributed by atoms with Gasteiger partial charge in [-0.1, -0.05) is 43.7 Å². The molecule has 1 saturated carbocycles. The Bertz CT molecular complexity index is 1140. The van der Waals surface area contributed by atoms with Crippen molar-refractivity contribution in [1.82, 2.24) is 4.98 Å². The Morgan fingerprint density at radius 1 is 1.06 bits per heavy atom. The van der Waals surface area contributed by atoms with Crippen molar-refractivity contribution < 1.29 is 14.3 Å². The fourth-order valence-corrected chi connectivity index (χ4v) is 4.70. The van der Waals surface area contributed by atoms with E-state index in [0.717, 1.165) is 65.0 Å². The normalized spacial score (nSPS) is 18.6. The maximum atomic E-state index is 13.3. The molecular formula is C27H30N2O3. The molecule has 0 unspecified atom stereocenters. The van der Waals surface area contributed by atoms with Crippen molar-refractivity contribution in [3.05, 3.63) is 70.3 Å². The molecule has 1 N–H and O–H groups in total. The maximum Gasteiger partial charge on any atom is 0.235 e. The van der Waals surface area contributed by atoms with Crippen LogP contribution < -0.4 is 5.32 Å². The highest BCUT2D eigenvalue weighted by Gasteiger charge is 2.53. The van der Waals surface area contributed by atoms with E-state index in [9.17, 15) is 4.79 Å². The van der Waals surface area contributed by atoms with Crippen LogP contribution in [0.15, 0.2) is 53.6 Å². The summed E-state index contributed by atoms with van der Waals surface area (Å²) in [5, 5.41) is 3.13. The summed E-state index contributed by atoms with van der Waals surface area (Å²) < 4.78 is 11.0. The quantitative estimate of drug-likeness (QED) is 0.619. The summed E-state index contributed by atoms with van der Waals surface area (Å²) in [5.74, 6) is 2.90. The van der Waals surface area contributed by atoms with Crippen LogP contribution in [0.1, 0.15) is 62.1 Å². The monoisotopic (exact) mass is 430 g/mol. The van der Waals surface area contributed by atoms with Gasteiger partial charge in [-0.05, 0) is 67.4 Å². The predicted octanol–water partition coefficient (Wildman–Crippen LogP) is 6.14. The zero-order chi connectivity index (χ0) is 22.5. The fraction of sp³-hybridized carbons (Fsp3) is 0.407. The number of pyridine rings is 1. The number of amides is 1. The number of carbonyl (C=O) groups excluding carboxylic acids is 1. The Kier molecular flexibility index (Phi) is 5.07. The van der Waals surface area contributed by atoms with E-state index in [4.69, 9.17) is 9.47 Å². The number of anilines is 1. The van der Waals surface area contributed by atoms with Gasteiger partial charge < -0.3 is 14.8 Å². The van der Waals surface area contributed by atoms with Crippen LogP contribution in [0.3, 0.4) is 0 Å². The molecule has 0 bridgehead atoms. The highest BCUT2D eigenvalue weighted by Crippen LogP contribution is 2.56. The van der Waals surface area contributed by atoms with Gasteiger partial charge in [0.05, 0.1) is 5.41 Å². The summed E-state index contributed by atoms with van der Waals surface area (Å²) in [6, 6.07) is 8.67. The van der Waals surface area contributed by atoms with Crippen LogP contribution >= 0.6 is 0 Å². The summed E-state index contributed by atoms with van der Waals surface area (Å²) in [7, 11) is 0. The van der Waals surface area contributed by atoms with Crippen molar-refractivity contribution in [2.75, 3.05) is 12.1 Å². The van der Waals surface area contributed by atoms with Crippen LogP contribution in [-0.2, 0) is 14.3 Å². The molecule has 5 heteroatoms. The number of carbonyl (C=O) groups is 1. The molecule has 3 aliphatic rings. The Balaban J connectivity index is 1.37. The third kappa shape index (κ3) is 3.50. The van der Waals surface area contributed by atoms with E-state index in [1.54, 1.807) is 0 Å². The molecule has 166 valence electrons. The van der Waals surface area contributed by atoms with Gasteiger partial charge in [-0.25, -0.2) is 4.98 Å². The first kappa shape index (κ1) is 20.8. The first-order valence-electron chi connectivity index (χ1n) is 11.5. The first-order valence-corrected chi connectivity index (χ1v) is 11.5. The van der Waals surface area contributed by atoms with Gasteiger partial charge in [-0.2, -0.15) is 0 Å². The van der Waals surface area contributed by atoms with Crippen LogP contribution in [0.2, 0.25) is 0 Å². The molecule has 1 fully saturated rings. The van der Waals surface area contributed by atoms with Crippen LogP contribution in [0.5, 0.6) is 0 Å². The van der Waals surface area contributed by atoms with Crippen LogP contribution in [0.25, 0.3) is 11.1 Å². The standard InChI is InChI=1S/C27H30N2O3/c1-16(2)19-5-7-20(8-6-19)22-14-28-25(18(4)17(22)3)29-26(30)27(11-12-27)21-9-10-23-24(13-21)32-15-31-23/h5-8,13-14,16H,9-12,15H2,1-4H3,(H,28,29,30). The van der Waals surface area contributed by atoms with Crippen molar-refractivity contribution >= 4 is 11.7 Å². The molecule has 2 aliphatic carbocycles. The molecule has 0 atom stereocenters. The first-order chi connectivity index (χ1) is 15.4. The number of hydrogen-bond acceptors (Lipinski definition) is 4. The van der Waals surface area contributed by atoms with Gasteiger partial charge in [0.2, 0.25) is 12.7 Å². The van der Waals surface area contributed by atoms with E-state index < -0.39 is 5.41 Å². The molecule has 1 amide bonds. The summed E-state index contributed by atoms with van der Waals surface area (Å²) in [6.07, 6.45) is 7.28. The largest absolute Gasteiger partial charge is 0.458 e. The summed E-state index contributed by atoms with van der Waals surface area (Å²) >= 11 is 0. The molecule has 32 heavy (non-hydrogen) atoms. The molecule has 0 saturated heterocycles. The van der Waals surface area contributed by atoms with Crippen molar-refractivity contribution in [2.45, 2.75) is 59.3 Å². The second-order valence-corrected chi connectivity index (χ2v) is 9.45. The summed E-state index contributed by atoms with van der Waals surface area (Å²) in [6.45, 7) is 8.81. The van der Waals surface area contributed by atoms with Gasteiger partial charge in [0.25, 0.3) is 0 Å². The lowest BCUT2D eigenvalue weighted by Gasteiger charge is -2.22. The van der Waals surface area contributed by atoms with Gasteiger partial charge in [0, 0.05) is 18.2 Å². The number of hydrogen-bond donors (Lipinski definition) is 1. The number of allylic oxidation sites excluding steroid dienone is 2. The number of benzene rings is 1. The van der Waals surface area contributed by atoms with Gasteiger partial charge in [-0.3, -0.25) is 4.79 Å². The van der Waals surface area contributed by atoms with Crippen molar-refractivity contribution in [2.24, 2.45) is 5.41 Å². The van der Waals surface area contributed by atoms with Crippen molar-refractivity contribution in [3.8, 4) is 11.1 Å². The molecule has 2 heterocycles. The Hall–Kier alpha value is -3.08. The number of aromatic nitrogens is 1. The van der Waals surface area contributed by atoms with E-state index in [-0.39, 0.29) is 12.7 Å². The minimum atomic E-state index is -0.433. The average molecular weight is 431 g/mol. The minimum absolute atomic E-state index is 0.0377. The third-order valence-electron chi connectivity index (χ3n) is 7.21. The molecule has 1 aromatic heterocycles. The molecular weight excluding hydrogens is 400 g/mol. The Labute approximate surface area is 189 Å². The van der Waals surface area contributed by atoms with Gasteiger partial charge in [-0.15, -0.1) is 0 Å². The number of nitrogens with zero attached hydrogens (tertiary/aromatic N) is 1. The topological polar surface area (TPSA) is 60.5 Å². The lowest BCUT2D eigenvalue weighted by atomic mass is 9.87. The molecule has 5 nitrogen and oxygen atoms in total. The number of nitrogens with one attached hydrogen (secondary N) is 1. The van der Waals surface area contributed by atoms with E-state index in [2.05, 4.69) is 55.3 Å². The van der Waals surface area contributed by atoms with Gasteiger partial charge in [0.15, 0.2) is 5.76 Å². The second kappa shape index (κ2) is 7.80. The van der Waals surface area contributed by atoms with Crippen LogP contribution in [0.4, 0.5) is 5.82 Å². The summed E-state index contributed by atoms with van der Waals surface area (Å²) in [4.78, 5) is 18.0. The number of ether oxygens (including phenoxy) is 2. The smallest absolute Gasteiger partial charge is 0.235 e. The molecule has 0 spiro atoms. The average Bonchev–Trinajstić information content (AvgIpc) is 3.48. The number of rotatable bonds is 5. The molecule has 5 rings (SSSR count). The maximum absolute atomic E-state index is 13.3. The zero-order valence-corrected chi connectivity index (χ0v) is 19.2. The lowest BCUT2D eigenvalue weighted by Crippen LogP contribution is -2.28. The van der Waals surface area contributed by atoms with E-state index in [0.29, 0.717) is 11.7 Å². The summed E-state index contributed by atoms with van der Waals surface area (Å²) in [5.41, 5.74) is 6.44. The molecule has 2 aromatic rings. The molecule has 1 aliphatic heterocycles. The van der Waals surface area contributed by atoms with Crippen LogP contribution in [0, 0.1) is 19.3 Å². The highest BCUT2D eigenvalue weighted by molar-refractivity contribution is 5.99. The van der Waals surface area contributed by atoms with Crippen molar-refractivity contribution in [1.29, 1.82) is 0 Å². The fourth-order valence-electron chi connectivity index (χ4n) is 4.70. The van der Waals surface area contributed by atoms with Gasteiger partial charge >= 0.3 is 0 Å². The van der Waals surface area contributed by atoms with E-state index in [1.807, 2.05) is 19.2 Å². The molecule has 1 aromatic carbocycles. The lowest BCUT2D eigenvalue weighted by molar-refractivity contribution is -0.120.